The Morgan fingerprint density at radius 2 is 1.97 bits per heavy atom. The number of methoxy groups -OCH3 is 1. The van der Waals surface area contributed by atoms with E-state index in [1.807, 2.05) is 6.07 Å². The summed E-state index contributed by atoms with van der Waals surface area (Å²) in [6.45, 7) is 0.939. The second-order valence-electron chi connectivity index (χ2n) is 6.20. The van der Waals surface area contributed by atoms with Crippen molar-refractivity contribution in [1.29, 1.82) is 0 Å². The number of fused-ring (bicyclic) bond motifs is 1. The maximum absolute atomic E-state index is 12.5. The van der Waals surface area contributed by atoms with E-state index in [9.17, 15) is 9.59 Å². The summed E-state index contributed by atoms with van der Waals surface area (Å²) in [6.07, 6.45) is 0. The van der Waals surface area contributed by atoms with Crippen molar-refractivity contribution in [3.8, 4) is 28.5 Å². The van der Waals surface area contributed by atoms with Gasteiger partial charge in [-0.15, -0.1) is 10.2 Å². The number of ether oxygens (including phenoxy) is 3. The molecular weight excluding hydrogens is 408 g/mol. The first-order valence-corrected chi connectivity index (χ1v) is 10.1. The fourth-order valence-electron chi connectivity index (χ4n) is 2.83. The summed E-state index contributed by atoms with van der Waals surface area (Å²) in [5, 5.41) is 11.1. The molecule has 2 heterocycles. The molecule has 30 heavy (non-hydrogen) atoms. The summed E-state index contributed by atoms with van der Waals surface area (Å²) in [5.74, 6) is 1.54. The molecule has 2 N–H and O–H groups in total. The van der Waals surface area contributed by atoms with Gasteiger partial charge in [0.1, 0.15) is 19.0 Å². The number of aromatic amines is 1. The van der Waals surface area contributed by atoms with Gasteiger partial charge in [0.25, 0.3) is 5.56 Å². The SMILES string of the molecule is COc1ccccc1NC(=O)CSc1nnc(-c2ccc3c(c2)OCCO3)c(=O)[nH]1. The van der Waals surface area contributed by atoms with E-state index >= 15 is 0 Å². The van der Waals surface area contributed by atoms with Gasteiger partial charge in [0.05, 0.1) is 18.6 Å². The zero-order chi connectivity index (χ0) is 20.9. The lowest BCUT2D eigenvalue weighted by Gasteiger charge is -2.18. The van der Waals surface area contributed by atoms with Crippen LogP contribution in [0.25, 0.3) is 11.3 Å². The summed E-state index contributed by atoms with van der Waals surface area (Å²) >= 11 is 1.08. The van der Waals surface area contributed by atoms with E-state index in [0.717, 1.165) is 11.8 Å². The summed E-state index contributed by atoms with van der Waals surface area (Å²) in [6, 6.07) is 12.3. The van der Waals surface area contributed by atoms with Crippen molar-refractivity contribution in [1.82, 2.24) is 15.2 Å². The molecule has 0 fully saturated rings. The summed E-state index contributed by atoms with van der Waals surface area (Å²) < 4.78 is 16.2. The molecule has 1 aromatic heterocycles. The van der Waals surface area contributed by atoms with Crippen LogP contribution in [-0.4, -0.2) is 47.2 Å². The summed E-state index contributed by atoms with van der Waals surface area (Å²) in [4.78, 5) is 27.3. The third-order valence-corrected chi connectivity index (χ3v) is 5.08. The molecule has 4 rings (SSSR count). The molecule has 0 saturated carbocycles. The first-order valence-electron chi connectivity index (χ1n) is 9.07. The molecule has 1 amide bonds. The van der Waals surface area contributed by atoms with Gasteiger partial charge in [-0.3, -0.25) is 14.6 Å². The second-order valence-corrected chi connectivity index (χ2v) is 7.17. The van der Waals surface area contributed by atoms with Gasteiger partial charge in [-0.2, -0.15) is 0 Å². The Hall–Kier alpha value is -3.53. The maximum Gasteiger partial charge on any atom is 0.278 e. The zero-order valence-electron chi connectivity index (χ0n) is 16.0. The van der Waals surface area contributed by atoms with Crippen LogP contribution >= 0.6 is 11.8 Å². The Bertz CT molecular complexity index is 1130. The Morgan fingerprint density at radius 3 is 2.77 bits per heavy atom. The number of hydrogen-bond acceptors (Lipinski definition) is 8. The molecule has 3 aromatic rings. The first-order chi connectivity index (χ1) is 14.6. The Morgan fingerprint density at radius 1 is 1.17 bits per heavy atom. The Kier molecular flexibility index (Phi) is 5.84. The van der Waals surface area contributed by atoms with E-state index in [4.69, 9.17) is 14.2 Å². The quantitative estimate of drug-likeness (QED) is 0.577. The van der Waals surface area contributed by atoms with Crippen molar-refractivity contribution in [2.45, 2.75) is 5.16 Å². The molecule has 2 aromatic carbocycles. The predicted molar refractivity (Wildman–Crippen MR) is 111 cm³/mol. The van der Waals surface area contributed by atoms with Crippen LogP contribution in [0, 0.1) is 0 Å². The van der Waals surface area contributed by atoms with Gasteiger partial charge in [0, 0.05) is 5.56 Å². The molecule has 1 aliphatic rings. The summed E-state index contributed by atoms with van der Waals surface area (Å²) in [5.41, 5.74) is 0.890. The molecule has 0 atom stereocenters. The van der Waals surface area contributed by atoms with Gasteiger partial charge in [-0.05, 0) is 30.3 Å². The van der Waals surface area contributed by atoms with E-state index in [-0.39, 0.29) is 22.5 Å². The van der Waals surface area contributed by atoms with Crippen LogP contribution in [-0.2, 0) is 4.79 Å². The van der Waals surface area contributed by atoms with E-state index in [1.54, 1.807) is 36.4 Å². The highest BCUT2D eigenvalue weighted by atomic mass is 32.2. The zero-order valence-corrected chi connectivity index (χ0v) is 16.8. The van der Waals surface area contributed by atoms with Crippen LogP contribution in [0.15, 0.2) is 52.4 Å². The molecular formula is C20H18N4O5S. The van der Waals surface area contributed by atoms with Crippen molar-refractivity contribution in [3.05, 3.63) is 52.8 Å². The number of hydrogen-bond donors (Lipinski definition) is 2. The highest BCUT2D eigenvalue weighted by Gasteiger charge is 2.16. The number of anilines is 1. The van der Waals surface area contributed by atoms with Crippen LogP contribution in [0.3, 0.4) is 0 Å². The molecule has 10 heteroatoms. The van der Waals surface area contributed by atoms with Gasteiger partial charge in [0.2, 0.25) is 5.91 Å². The van der Waals surface area contributed by atoms with Crippen LogP contribution in [0.4, 0.5) is 5.69 Å². The fourth-order valence-corrected chi connectivity index (χ4v) is 3.44. The van der Waals surface area contributed by atoms with Gasteiger partial charge in [-0.1, -0.05) is 23.9 Å². The van der Waals surface area contributed by atoms with E-state index in [2.05, 4.69) is 20.5 Å². The average Bonchev–Trinajstić information content (AvgIpc) is 2.78. The van der Waals surface area contributed by atoms with Crippen molar-refractivity contribution >= 4 is 23.4 Å². The standard InChI is InChI=1S/C20H18N4O5S/c1-27-14-5-3-2-4-13(14)21-17(25)11-30-20-22-19(26)18(23-24-20)12-6-7-15-16(10-12)29-9-8-28-15/h2-7,10H,8-9,11H2,1H3,(H,21,25)(H,22,24,26). The number of H-pyrrole nitrogens is 1. The number of amides is 1. The Labute approximate surface area is 175 Å². The Balaban J connectivity index is 1.42. The number of nitrogens with one attached hydrogen (secondary N) is 2. The molecule has 9 nitrogen and oxygen atoms in total. The van der Waals surface area contributed by atoms with Crippen LogP contribution in [0.2, 0.25) is 0 Å². The smallest absolute Gasteiger partial charge is 0.278 e. The average molecular weight is 426 g/mol. The number of aromatic nitrogens is 3. The van der Waals surface area contributed by atoms with Gasteiger partial charge in [-0.25, -0.2) is 0 Å². The largest absolute Gasteiger partial charge is 0.495 e. The molecule has 0 spiro atoms. The van der Waals surface area contributed by atoms with Crippen LogP contribution < -0.4 is 25.1 Å². The minimum atomic E-state index is -0.408. The lowest BCUT2D eigenvalue weighted by Crippen LogP contribution is -2.18. The van der Waals surface area contributed by atoms with Gasteiger partial charge >= 0.3 is 0 Å². The van der Waals surface area contributed by atoms with Crippen molar-refractivity contribution in [3.63, 3.8) is 0 Å². The lowest BCUT2D eigenvalue weighted by atomic mass is 10.1. The normalized spacial score (nSPS) is 12.3. The van der Waals surface area contributed by atoms with Crippen molar-refractivity contribution < 1.29 is 19.0 Å². The minimum Gasteiger partial charge on any atom is -0.495 e. The molecule has 0 unspecified atom stereocenters. The molecule has 0 bridgehead atoms. The van der Waals surface area contributed by atoms with Crippen molar-refractivity contribution in [2.75, 3.05) is 31.4 Å². The van der Waals surface area contributed by atoms with Gasteiger partial charge < -0.3 is 19.5 Å². The van der Waals surface area contributed by atoms with Crippen LogP contribution in [0.5, 0.6) is 17.2 Å². The molecule has 1 aliphatic heterocycles. The number of benzene rings is 2. The molecule has 0 aliphatic carbocycles. The fraction of sp³-hybridized carbons (Fsp3) is 0.200. The second kappa shape index (κ2) is 8.87. The highest BCUT2D eigenvalue weighted by Crippen LogP contribution is 2.33. The van der Waals surface area contributed by atoms with Gasteiger partial charge in [0.15, 0.2) is 22.3 Å². The van der Waals surface area contributed by atoms with Crippen molar-refractivity contribution in [2.24, 2.45) is 0 Å². The first kappa shape index (κ1) is 19.8. The third-order valence-electron chi connectivity index (χ3n) is 4.21. The lowest BCUT2D eigenvalue weighted by molar-refractivity contribution is -0.113. The minimum absolute atomic E-state index is 0.0477. The highest BCUT2D eigenvalue weighted by molar-refractivity contribution is 7.99. The van der Waals surface area contributed by atoms with Crippen LogP contribution in [0.1, 0.15) is 0 Å². The number of rotatable bonds is 6. The molecule has 0 radical (unpaired) electrons. The maximum atomic E-state index is 12.5. The predicted octanol–water partition coefficient (Wildman–Crippen LogP) is 2.34. The molecule has 154 valence electrons. The van der Waals surface area contributed by atoms with E-state index < -0.39 is 5.56 Å². The topological polar surface area (TPSA) is 115 Å². The third kappa shape index (κ3) is 4.38. The monoisotopic (exact) mass is 426 g/mol. The number of carbonyl (C=O) groups is 1. The number of carbonyl (C=O) groups excluding carboxylic acids is 1. The number of nitrogens with zero attached hydrogens (tertiary/aromatic N) is 2. The summed E-state index contributed by atoms with van der Waals surface area (Å²) in [7, 11) is 1.53. The van der Waals surface area contributed by atoms with E-state index in [1.165, 1.54) is 7.11 Å². The number of thioether (sulfide) groups is 1. The van der Waals surface area contributed by atoms with E-state index in [0.29, 0.717) is 41.7 Å². The number of para-hydroxylation sites is 2. The molecule has 0 saturated heterocycles.